The van der Waals surface area contributed by atoms with Crippen molar-refractivity contribution in [2.24, 2.45) is 5.92 Å². The summed E-state index contributed by atoms with van der Waals surface area (Å²) >= 11 is 0. The van der Waals surface area contributed by atoms with Gasteiger partial charge in [-0.05, 0) is 48.9 Å². The molecule has 1 saturated heterocycles. The van der Waals surface area contributed by atoms with Crippen LogP contribution in [0.5, 0.6) is 0 Å². The number of pyridine rings is 1. The fourth-order valence-corrected chi connectivity index (χ4v) is 2.86. The average Bonchev–Trinajstić information content (AvgIpc) is 2.86. The van der Waals surface area contributed by atoms with Crippen LogP contribution in [0.25, 0.3) is 5.57 Å². The Hall–Kier alpha value is -1.66. The molecule has 17 heavy (non-hydrogen) atoms. The van der Waals surface area contributed by atoms with Gasteiger partial charge >= 0.3 is 0 Å². The van der Waals surface area contributed by atoms with Gasteiger partial charge in [-0.25, -0.2) is 0 Å². The molecule has 0 aromatic carbocycles. The van der Waals surface area contributed by atoms with Gasteiger partial charge in [-0.2, -0.15) is 5.26 Å². The predicted octanol–water partition coefficient (Wildman–Crippen LogP) is 2.11. The van der Waals surface area contributed by atoms with Gasteiger partial charge in [0.25, 0.3) is 0 Å². The lowest BCUT2D eigenvalue weighted by molar-refractivity contribution is 0.465. The molecule has 3 heteroatoms. The number of allylic oxidation sites excluding steroid dienone is 1. The first-order valence-corrected chi connectivity index (χ1v) is 6.16. The van der Waals surface area contributed by atoms with Gasteiger partial charge in [-0.3, -0.25) is 4.98 Å². The molecule has 2 atom stereocenters. The second kappa shape index (κ2) is 4.31. The highest BCUT2D eigenvalue weighted by molar-refractivity contribution is 5.67. The summed E-state index contributed by atoms with van der Waals surface area (Å²) in [5.74, 6) is 0.811. The van der Waals surface area contributed by atoms with Crippen LogP contribution in [0.15, 0.2) is 24.5 Å². The van der Waals surface area contributed by atoms with Crippen molar-refractivity contribution in [1.82, 2.24) is 10.3 Å². The Kier molecular flexibility index (Phi) is 2.66. The number of aromatic nitrogens is 1. The van der Waals surface area contributed by atoms with Crippen LogP contribution in [0, 0.1) is 17.2 Å². The Balaban J connectivity index is 1.91. The maximum Gasteiger partial charge on any atom is 0.101 e. The van der Waals surface area contributed by atoms with Crippen LogP contribution in [0.1, 0.15) is 30.4 Å². The zero-order valence-corrected chi connectivity index (χ0v) is 9.69. The van der Waals surface area contributed by atoms with Crippen LogP contribution < -0.4 is 5.32 Å². The van der Waals surface area contributed by atoms with Crippen molar-refractivity contribution in [3.63, 3.8) is 0 Å². The number of rotatable bonds is 1. The Morgan fingerprint density at radius 3 is 3.18 bits per heavy atom. The highest BCUT2D eigenvalue weighted by Crippen LogP contribution is 2.34. The molecule has 3 rings (SSSR count). The lowest BCUT2D eigenvalue weighted by Crippen LogP contribution is -2.27. The molecule has 1 aromatic heterocycles. The monoisotopic (exact) mass is 225 g/mol. The van der Waals surface area contributed by atoms with E-state index in [1.807, 2.05) is 12.3 Å². The van der Waals surface area contributed by atoms with Gasteiger partial charge < -0.3 is 5.32 Å². The lowest BCUT2D eigenvalue weighted by Gasteiger charge is -2.24. The molecule has 1 aromatic rings. The highest BCUT2D eigenvalue weighted by atomic mass is 14.9. The molecule has 0 unspecified atom stereocenters. The molecule has 1 fully saturated rings. The molecule has 0 amide bonds. The minimum atomic E-state index is 0.532. The third-order valence-corrected chi connectivity index (χ3v) is 3.81. The molecule has 3 nitrogen and oxygen atoms in total. The lowest BCUT2D eigenvalue weighted by atomic mass is 9.84. The van der Waals surface area contributed by atoms with E-state index in [0.717, 1.165) is 24.4 Å². The van der Waals surface area contributed by atoms with Crippen LogP contribution in [0.2, 0.25) is 0 Å². The summed E-state index contributed by atoms with van der Waals surface area (Å²) in [6.45, 7) is 1.13. The smallest absolute Gasteiger partial charge is 0.101 e. The van der Waals surface area contributed by atoms with E-state index in [1.54, 1.807) is 6.20 Å². The van der Waals surface area contributed by atoms with Crippen LogP contribution in [-0.4, -0.2) is 17.6 Å². The van der Waals surface area contributed by atoms with Gasteiger partial charge in [0, 0.05) is 18.4 Å². The first kappa shape index (κ1) is 10.5. The second-order valence-corrected chi connectivity index (χ2v) is 4.83. The van der Waals surface area contributed by atoms with Crippen LogP contribution in [-0.2, 0) is 0 Å². The number of fused-ring (bicyclic) bond motifs is 1. The van der Waals surface area contributed by atoms with Gasteiger partial charge in [0.1, 0.15) is 6.07 Å². The van der Waals surface area contributed by atoms with Crippen molar-refractivity contribution in [3.8, 4) is 6.07 Å². The van der Waals surface area contributed by atoms with Crippen LogP contribution >= 0.6 is 0 Å². The molecular formula is C14H15N3. The summed E-state index contributed by atoms with van der Waals surface area (Å²) in [5.41, 5.74) is 3.09. The molecule has 0 saturated carbocycles. The average molecular weight is 225 g/mol. The number of nitrogens with one attached hydrogen (secondary N) is 1. The maximum absolute atomic E-state index is 8.89. The summed E-state index contributed by atoms with van der Waals surface area (Å²) < 4.78 is 0. The summed E-state index contributed by atoms with van der Waals surface area (Å²) in [4.78, 5) is 4.13. The zero-order valence-electron chi connectivity index (χ0n) is 9.69. The summed E-state index contributed by atoms with van der Waals surface area (Å²) in [5, 5.41) is 12.4. The fourth-order valence-electron chi connectivity index (χ4n) is 2.86. The van der Waals surface area contributed by atoms with Crippen molar-refractivity contribution >= 4 is 5.57 Å². The topological polar surface area (TPSA) is 48.7 Å². The predicted molar refractivity (Wildman–Crippen MR) is 66.1 cm³/mol. The van der Waals surface area contributed by atoms with E-state index < -0.39 is 0 Å². The van der Waals surface area contributed by atoms with Crippen molar-refractivity contribution in [1.29, 1.82) is 5.26 Å². The summed E-state index contributed by atoms with van der Waals surface area (Å²) in [7, 11) is 0. The van der Waals surface area contributed by atoms with E-state index in [9.17, 15) is 0 Å². The van der Waals surface area contributed by atoms with Gasteiger partial charge in [0.2, 0.25) is 0 Å². The fraction of sp³-hybridized carbons (Fsp3) is 0.429. The number of hydrogen-bond donors (Lipinski definition) is 1. The Morgan fingerprint density at radius 1 is 1.35 bits per heavy atom. The molecule has 86 valence electrons. The number of hydrogen-bond acceptors (Lipinski definition) is 3. The Bertz CT molecular complexity index is 498. The van der Waals surface area contributed by atoms with Crippen LogP contribution in [0.3, 0.4) is 0 Å². The van der Waals surface area contributed by atoms with E-state index in [1.165, 1.54) is 18.4 Å². The van der Waals surface area contributed by atoms with Crippen molar-refractivity contribution in [3.05, 3.63) is 35.7 Å². The number of nitrogens with zero attached hydrogens (tertiary/aromatic N) is 2. The standard InChI is InChI=1S/C14H15N3/c15-7-10-5-13(9-16-8-10)12-2-1-11-3-4-17-14(11)6-12/h5-6,8-9,11,14,17H,1-4H2/t11-,14-/m1/s1. The third-order valence-electron chi connectivity index (χ3n) is 3.81. The van der Waals surface area contributed by atoms with E-state index in [4.69, 9.17) is 5.26 Å². The largest absolute Gasteiger partial charge is 0.310 e. The van der Waals surface area contributed by atoms with E-state index in [2.05, 4.69) is 22.4 Å². The quantitative estimate of drug-likeness (QED) is 0.796. The highest BCUT2D eigenvalue weighted by Gasteiger charge is 2.28. The van der Waals surface area contributed by atoms with E-state index in [0.29, 0.717) is 11.6 Å². The molecule has 0 radical (unpaired) electrons. The molecule has 0 bridgehead atoms. The molecule has 1 aliphatic carbocycles. The molecular weight excluding hydrogens is 210 g/mol. The molecule has 0 spiro atoms. The number of nitriles is 1. The summed E-state index contributed by atoms with van der Waals surface area (Å²) in [6.07, 6.45) is 9.47. The molecule has 1 aliphatic heterocycles. The van der Waals surface area contributed by atoms with E-state index in [-0.39, 0.29) is 0 Å². The van der Waals surface area contributed by atoms with Crippen LogP contribution in [0.4, 0.5) is 0 Å². The first-order valence-electron chi connectivity index (χ1n) is 6.16. The maximum atomic E-state index is 8.89. The van der Waals surface area contributed by atoms with Gasteiger partial charge in [0.15, 0.2) is 0 Å². The third kappa shape index (κ3) is 1.96. The first-order chi connectivity index (χ1) is 8.36. The van der Waals surface area contributed by atoms with Gasteiger partial charge in [-0.1, -0.05) is 6.08 Å². The molecule has 2 heterocycles. The minimum absolute atomic E-state index is 0.532. The Morgan fingerprint density at radius 2 is 2.29 bits per heavy atom. The normalized spacial score (nSPS) is 27.1. The van der Waals surface area contributed by atoms with Gasteiger partial charge in [0.05, 0.1) is 5.56 Å². The van der Waals surface area contributed by atoms with E-state index >= 15 is 0 Å². The summed E-state index contributed by atoms with van der Waals surface area (Å²) in [6, 6.07) is 4.62. The van der Waals surface area contributed by atoms with Gasteiger partial charge in [-0.15, -0.1) is 0 Å². The Labute approximate surface area is 101 Å². The minimum Gasteiger partial charge on any atom is -0.310 e. The van der Waals surface area contributed by atoms with Crippen molar-refractivity contribution in [2.45, 2.75) is 25.3 Å². The van der Waals surface area contributed by atoms with Crippen molar-refractivity contribution in [2.75, 3.05) is 6.54 Å². The van der Waals surface area contributed by atoms with Crippen molar-refractivity contribution < 1.29 is 0 Å². The molecule has 2 aliphatic rings. The SMILES string of the molecule is N#Cc1cncc(C2=C[C@H]3NCC[C@H]3CC2)c1. The molecule has 1 N–H and O–H groups in total. The zero-order chi connectivity index (χ0) is 11.7. The second-order valence-electron chi connectivity index (χ2n) is 4.83.